The molecule has 0 unspecified atom stereocenters. The van der Waals surface area contributed by atoms with Crippen LogP contribution in [0.5, 0.6) is 11.5 Å². The van der Waals surface area contributed by atoms with Crippen molar-refractivity contribution in [1.29, 1.82) is 0 Å². The number of anilines is 2. The van der Waals surface area contributed by atoms with Crippen molar-refractivity contribution in [1.82, 2.24) is 4.90 Å². The molecule has 1 aromatic rings. The Hall–Kier alpha value is -1.99. The summed E-state index contributed by atoms with van der Waals surface area (Å²) in [5.74, 6) is 2.67. The van der Waals surface area contributed by atoms with E-state index in [2.05, 4.69) is 29.0 Å². The fourth-order valence-electron chi connectivity index (χ4n) is 4.56. The molecule has 0 saturated carbocycles. The van der Waals surface area contributed by atoms with Crippen LogP contribution in [0.2, 0.25) is 0 Å². The lowest BCUT2D eigenvalue weighted by atomic mass is 9.92. The van der Waals surface area contributed by atoms with Gasteiger partial charge >= 0.3 is 0 Å². The summed E-state index contributed by atoms with van der Waals surface area (Å²) in [4.78, 5) is 17.3. The summed E-state index contributed by atoms with van der Waals surface area (Å²) in [6, 6.07) is 3.89. The third-order valence-corrected chi connectivity index (χ3v) is 5.60. The van der Waals surface area contributed by atoms with E-state index in [9.17, 15) is 4.79 Å². The van der Waals surface area contributed by atoms with E-state index in [1.807, 2.05) is 26.0 Å². The predicted molar refractivity (Wildman–Crippen MR) is 120 cm³/mol. The van der Waals surface area contributed by atoms with Gasteiger partial charge in [0.1, 0.15) is 11.5 Å². The van der Waals surface area contributed by atoms with Gasteiger partial charge in [-0.2, -0.15) is 0 Å². The van der Waals surface area contributed by atoms with E-state index < -0.39 is 0 Å². The summed E-state index contributed by atoms with van der Waals surface area (Å²) < 4.78 is 17.3. The molecule has 2 fully saturated rings. The zero-order valence-electron chi connectivity index (χ0n) is 18.9. The monoisotopic (exact) mass is 419 g/mol. The summed E-state index contributed by atoms with van der Waals surface area (Å²) in [7, 11) is 0. The van der Waals surface area contributed by atoms with Crippen LogP contribution < -0.4 is 19.7 Å². The average molecular weight is 420 g/mol. The molecule has 2 heterocycles. The van der Waals surface area contributed by atoms with E-state index in [4.69, 9.17) is 14.2 Å². The van der Waals surface area contributed by atoms with Crippen molar-refractivity contribution in [3.63, 3.8) is 0 Å². The fourth-order valence-corrected chi connectivity index (χ4v) is 4.56. The normalized spacial score (nSPS) is 22.6. The molecule has 168 valence electrons. The van der Waals surface area contributed by atoms with Crippen LogP contribution in [-0.2, 0) is 9.53 Å². The number of nitrogens with zero attached hydrogens (tertiary/aromatic N) is 2. The number of rotatable bonds is 8. The lowest BCUT2D eigenvalue weighted by Gasteiger charge is -2.34. The highest BCUT2D eigenvalue weighted by molar-refractivity contribution is 5.94. The molecule has 1 amide bonds. The number of likely N-dealkylation sites (tertiary alicyclic amines) is 1. The number of nitrogens with one attached hydrogen (secondary N) is 1. The highest BCUT2D eigenvalue weighted by Crippen LogP contribution is 2.39. The van der Waals surface area contributed by atoms with E-state index in [1.54, 1.807) is 0 Å². The highest BCUT2D eigenvalue weighted by Gasteiger charge is 2.24. The third kappa shape index (κ3) is 6.01. The van der Waals surface area contributed by atoms with Crippen LogP contribution in [0.15, 0.2) is 12.1 Å². The van der Waals surface area contributed by atoms with Crippen LogP contribution >= 0.6 is 0 Å². The second-order valence-corrected chi connectivity index (χ2v) is 8.47. The third-order valence-electron chi connectivity index (χ3n) is 5.60. The zero-order chi connectivity index (χ0) is 21.5. The molecule has 1 aromatic carbocycles. The average Bonchev–Trinajstić information content (AvgIpc) is 2.70. The molecule has 7 heteroatoms. The number of carbonyl (C=O) groups is 1. The van der Waals surface area contributed by atoms with Gasteiger partial charge in [0.05, 0.1) is 44.3 Å². The number of piperidine rings is 1. The molecule has 0 aliphatic carbocycles. The van der Waals surface area contributed by atoms with Crippen LogP contribution in [0.1, 0.15) is 34.1 Å². The Labute approximate surface area is 180 Å². The first-order chi connectivity index (χ1) is 14.5. The topological polar surface area (TPSA) is 63.3 Å². The van der Waals surface area contributed by atoms with E-state index in [1.165, 1.54) is 6.42 Å². The number of morpholine rings is 1. The first-order valence-corrected chi connectivity index (χ1v) is 11.3. The molecule has 2 aliphatic heterocycles. The highest BCUT2D eigenvalue weighted by atomic mass is 16.5. The lowest BCUT2D eigenvalue weighted by Crippen LogP contribution is -2.42. The van der Waals surface area contributed by atoms with Crippen molar-refractivity contribution in [2.24, 2.45) is 11.8 Å². The minimum Gasteiger partial charge on any atom is -0.492 e. The van der Waals surface area contributed by atoms with E-state index in [-0.39, 0.29) is 5.91 Å². The van der Waals surface area contributed by atoms with Crippen molar-refractivity contribution in [2.45, 2.75) is 34.1 Å². The molecule has 3 rings (SSSR count). The molecule has 0 radical (unpaired) electrons. The van der Waals surface area contributed by atoms with Crippen molar-refractivity contribution >= 4 is 17.3 Å². The van der Waals surface area contributed by atoms with Crippen molar-refractivity contribution in [3.8, 4) is 11.5 Å². The molecule has 2 aliphatic rings. The predicted octanol–water partition coefficient (Wildman–Crippen LogP) is 3.24. The zero-order valence-corrected chi connectivity index (χ0v) is 18.9. The molecule has 30 heavy (non-hydrogen) atoms. The molecular formula is C23H37N3O4. The molecule has 0 aromatic heterocycles. The number of hydrogen-bond acceptors (Lipinski definition) is 6. The summed E-state index contributed by atoms with van der Waals surface area (Å²) in [5.41, 5.74) is 1.65. The Bertz CT molecular complexity index is 696. The minimum atomic E-state index is -0.0150. The van der Waals surface area contributed by atoms with Gasteiger partial charge in [0.15, 0.2) is 0 Å². The smallest absolute Gasteiger partial charge is 0.238 e. The molecule has 0 spiro atoms. The summed E-state index contributed by atoms with van der Waals surface area (Å²) >= 11 is 0. The van der Waals surface area contributed by atoms with Crippen molar-refractivity contribution in [2.75, 3.05) is 69.4 Å². The van der Waals surface area contributed by atoms with E-state index >= 15 is 0 Å². The van der Waals surface area contributed by atoms with Gasteiger partial charge in [-0.1, -0.05) is 13.8 Å². The maximum Gasteiger partial charge on any atom is 0.238 e. The Morgan fingerprint density at radius 1 is 1.07 bits per heavy atom. The Balaban J connectivity index is 1.78. The van der Waals surface area contributed by atoms with Crippen molar-refractivity contribution in [3.05, 3.63) is 12.1 Å². The van der Waals surface area contributed by atoms with Crippen LogP contribution in [-0.4, -0.2) is 70.0 Å². The first-order valence-electron chi connectivity index (χ1n) is 11.3. The number of benzene rings is 1. The molecular weight excluding hydrogens is 382 g/mol. The van der Waals surface area contributed by atoms with Gasteiger partial charge in [-0.25, -0.2) is 0 Å². The molecule has 2 atom stereocenters. The SMILES string of the molecule is CCOc1cc(N2CCOCC2)c(OCC)cc1NC(=O)CN1C[C@H](C)C[C@@H](C)C1. The number of ether oxygens (including phenoxy) is 3. The van der Waals surface area contributed by atoms with Crippen LogP contribution in [0.3, 0.4) is 0 Å². The van der Waals surface area contributed by atoms with Gasteiger partial charge in [0, 0.05) is 38.3 Å². The van der Waals surface area contributed by atoms with Gasteiger partial charge in [-0.3, -0.25) is 9.69 Å². The molecule has 0 bridgehead atoms. The minimum absolute atomic E-state index is 0.0150. The Morgan fingerprint density at radius 2 is 1.70 bits per heavy atom. The quantitative estimate of drug-likeness (QED) is 0.698. The maximum absolute atomic E-state index is 12.8. The van der Waals surface area contributed by atoms with Crippen LogP contribution in [0.4, 0.5) is 11.4 Å². The summed E-state index contributed by atoms with van der Waals surface area (Å²) in [6.07, 6.45) is 1.23. The standard InChI is InChI=1S/C23H37N3O4/c1-5-29-21-13-20(26-7-9-28-10-8-26)22(30-6-2)12-19(21)24-23(27)16-25-14-17(3)11-18(4)15-25/h12-13,17-18H,5-11,14-16H2,1-4H3,(H,24,27)/t17-,18-/m1/s1. The Kier molecular flexibility index (Phi) is 8.22. The summed E-state index contributed by atoms with van der Waals surface area (Å²) in [5, 5.41) is 3.07. The second kappa shape index (κ2) is 10.9. The van der Waals surface area contributed by atoms with Gasteiger partial charge < -0.3 is 24.4 Å². The number of carbonyl (C=O) groups excluding carboxylic acids is 1. The van der Waals surface area contributed by atoms with Crippen molar-refractivity contribution < 1.29 is 19.0 Å². The van der Waals surface area contributed by atoms with E-state index in [0.717, 1.165) is 37.6 Å². The fraction of sp³-hybridized carbons (Fsp3) is 0.696. The number of amides is 1. The van der Waals surface area contributed by atoms with Crippen LogP contribution in [0.25, 0.3) is 0 Å². The van der Waals surface area contributed by atoms with Gasteiger partial charge in [0.2, 0.25) is 5.91 Å². The molecule has 1 N–H and O–H groups in total. The Morgan fingerprint density at radius 3 is 2.33 bits per heavy atom. The van der Waals surface area contributed by atoms with E-state index in [0.29, 0.717) is 56.2 Å². The molecule has 2 saturated heterocycles. The largest absolute Gasteiger partial charge is 0.492 e. The summed E-state index contributed by atoms with van der Waals surface area (Å²) in [6.45, 7) is 14.9. The van der Waals surface area contributed by atoms with Crippen LogP contribution in [0, 0.1) is 11.8 Å². The molecule has 7 nitrogen and oxygen atoms in total. The van der Waals surface area contributed by atoms with Gasteiger partial charge in [-0.05, 0) is 32.1 Å². The first kappa shape index (κ1) is 22.7. The maximum atomic E-state index is 12.8. The van der Waals surface area contributed by atoms with Gasteiger partial charge in [-0.15, -0.1) is 0 Å². The number of hydrogen-bond donors (Lipinski definition) is 1. The second-order valence-electron chi connectivity index (χ2n) is 8.47. The lowest BCUT2D eigenvalue weighted by molar-refractivity contribution is -0.117. The van der Waals surface area contributed by atoms with Gasteiger partial charge in [0.25, 0.3) is 0 Å².